The van der Waals surface area contributed by atoms with E-state index in [0.29, 0.717) is 23.8 Å². The van der Waals surface area contributed by atoms with Crippen molar-refractivity contribution in [3.05, 3.63) is 72.8 Å². The lowest BCUT2D eigenvalue weighted by Gasteiger charge is -1.99. The van der Waals surface area contributed by atoms with Gasteiger partial charge in [-0.05, 0) is 39.0 Å². The average molecular weight is 262 g/mol. The van der Waals surface area contributed by atoms with E-state index in [4.69, 9.17) is 16.2 Å². The minimum atomic E-state index is 0.589. The Bertz CT molecular complexity index is 388. The molecule has 0 rings (SSSR count). The van der Waals surface area contributed by atoms with Gasteiger partial charge in [0.05, 0.1) is 6.61 Å². The van der Waals surface area contributed by atoms with Crippen molar-refractivity contribution in [1.82, 2.24) is 0 Å². The molecule has 0 radical (unpaired) electrons. The fourth-order valence-electron chi connectivity index (χ4n) is 0.803. The SMILES string of the molecule is C=C(C)/C=C\C(=C)OCC.C=C/C(N)=C\C(N)=C/C. The van der Waals surface area contributed by atoms with Gasteiger partial charge in [0.15, 0.2) is 0 Å². The van der Waals surface area contributed by atoms with Gasteiger partial charge in [-0.3, -0.25) is 0 Å². The zero-order valence-electron chi connectivity index (χ0n) is 12.3. The second-order valence-electron chi connectivity index (χ2n) is 3.72. The molecule has 4 N–H and O–H groups in total. The average Bonchev–Trinajstić information content (AvgIpc) is 2.37. The van der Waals surface area contributed by atoms with Gasteiger partial charge in [0.2, 0.25) is 0 Å². The van der Waals surface area contributed by atoms with Crippen LogP contribution in [0.4, 0.5) is 0 Å². The first-order valence-corrected chi connectivity index (χ1v) is 6.04. The maximum absolute atomic E-state index is 5.41. The summed E-state index contributed by atoms with van der Waals surface area (Å²) in [6.07, 6.45) is 8.67. The van der Waals surface area contributed by atoms with Crippen molar-refractivity contribution in [3.63, 3.8) is 0 Å². The Kier molecular flexibility index (Phi) is 12.4. The van der Waals surface area contributed by atoms with E-state index in [9.17, 15) is 0 Å². The van der Waals surface area contributed by atoms with E-state index in [1.807, 2.05) is 32.9 Å². The van der Waals surface area contributed by atoms with Gasteiger partial charge >= 0.3 is 0 Å². The van der Waals surface area contributed by atoms with Crippen LogP contribution in [0, 0.1) is 0 Å². The standard InChI is InChI=1S/C9H14O.C7H12N2/c1-5-10-9(4)7-6-8(2)3;1-3-6(8)5-7(9)4-2/h6-7H,2,4-5H2,1,3H3;3-5H,1,8-9H2,2H3/b7-6-;6-5+,7-4+. The molecule has 0 fully saturated rings. The van der Waals surface area contributed by atoms with Crippen LogP contribution in [-0.4, -0.2) is 6.61 Å². The minimum absolute atomic E-state index is 0.589. The van der Waals surface area contributed by atoms with Crippen LogP contribution in [0.3, 0.4) is 0 Å². The maximum Gasteiger partial charge on any atom is 0.112 e. The van der Waals surface area contributed by atoms with E-state index in [1.165, 1.54) is 0 Å². The predicted octanol–water partition coefficient (Wildman–Crippen LogP) is 3.55. The second-order valence-corrected chi connectivity index (χ2v) is 3.72. The summed E-state index contributed by atoms with van der Waals surface area (Å²) >= 11 is 0. The minimum Gasteiger partial charge on any atom is -0.495 e. The summed E-state index contributed by atoms with van der Waals surface area (Å²) < 4.78 is 5.07. The molecule has 0 saturated heterocycles. The molecule has 0 amide bonds. The molecule has 0 saturated carbocycles. The van der Waals surface area contributed by atoms with Crippen molar-refractivity contribution in [1.29, 1.82) is 0 Å². The Morgan fingerprint density at radius 2 is 1.74 bits per heavy atom. The molecule has 0 bridgehead atoms. The summed E-state index contributed by atoms with van der Waals surface area (Å²) in [6, 6.07) is 0. The zero-order chi connectivity index (χ0) is 15.3. The third kappa shape index (κ3) is 15.8. The van der Waals surface area contributed by atoms with Gasteiger partial charge in [-0.1, -0.05) is 37.5 Å². The Labute approximate surface area is 117 Å². The van der Waals surface area contributed by atoms with Crippen LogP contribution in [0.25, 0.3) is 0 Å². The molecule has 0 aromatic heterocycles. The van der Waals surface area contributed by atoms with Crippen molar-refractivity contribution >= 4 is 0 Å². The Balaban J connectivity index is 0. The van der Waals surface area contributed by atoms with Crippen LogP contribution in [-0.2, 0) is 4.74 Å². The molecule has 0 unspecified atom stereocenters. The van der Waals surface area contributed by atoms with Gasteiger partial charge in [-0.15, -0.1) is 0 Å². The molecule has 0 aliphatic heterocycles. The number of rotatable bonds is 6. The lowest BCUT2D eigenvalue weighted by Crippen LogP contribution is -1.98. The third-order valence-corrected chi connectivity index (χ3v) is 1.79. The van der Waals surface area contributed by atoms with Crippen molar-refractivity contribution in [2.45, 2.75) is 20.8 Å². The monoisotopic (exact) mass is 262 g/mol. The molecular weight excluding hydrogens is 236 g/mol. The van der Waals surface area contributed by atoms with Crippen LogP contribution in [0.5, 0.6) is 0 Å². The molecule has 0 aliphatic rings. The molecular formula is C16H26N2O. The summed E-state index contributed by atoms with van der Waals surface area (Å²) in [5.41, 5.74) is 13.0. The molecule has 0 spiro atoms. The first-order valence-electron chi connectivity index (χ1n) is 6.04. The summed E-state index contributed by atoms with van der Waals surface area (Å²) in [4.78, 5) is 0. The molecule has 19 heavy (non-hydrogen) atoms. The Morgan fingerprint density at radius 3 is 2.11 bits per heavy atom. The quantitative estimate of drug-likeness (QED) is 0.568. The Hall–Kier alpha value is -2.16. The molecule has 0 heterocycles. The van der Waals surface area contributed by atoms with Crippen molar-refractivity contribution in [2.75, 3.05) is 6.61 Å². The highest BCUT2D eigenvalue weighted by Gasteiger charge is 1.83. The highest BCUT2D eigenvalue weighted by atomic mass is 16.5. The van der Waals surface area contributed by atoms with E-state index in [-0.39, 0.29) is 0 Å². The molecule has 3 heteroatoms. The first kappa shape index (κ1) is 19.2. The number of ether oxygens (including phenoxy) is 1. The van der Waals surface area contributed by atoms with E-state index in [2.05, 4.69) is 19.7 Å². The van der Waals surface area contributed by atoms with Crippen LogP contribution in [0.15, 0.2) is 72.8 Å². The van der Waals surface area contributed by atoms with Crippen molar-refractivity contribution in [3.8, 4) is 0 Å². The zero-order valence-corrected chi connectivity index (χ0v) is 12.3. The highest BCUT2D eigenvalue weighted by molar-refractivity contribution is 5.24. The van der Waals surface area contributed by atoms with Crippen LogP contribution in [0.2, 0.25) is 0 Å². The normalized spacial score (nSPS) is 11.5. The summed E-state index contributed by atoms with van der Waals surface area (Å²) in [6.45, 7) is 17.2. The molecule has 0 atom stereocenters. The van der Waals surface area contributed by atoms with Gasteiger partial charge in [-0.2, -0.15) is 0 Å². The summed E-state index contributed by atoms with van der Waals surface area (Å²) in [7, 11) is 0. The number of hydrogen-bond donors (Lipinski definition) is 2. The smallest absolute Gasteiger partial charge is 0.112 e. The van der Waals surface area contributed by atoms with Crippen molar-refractivity contribution < 1.29 is 4.74 Å². The summed E-state index contributed by atoms with van der Waals surface area (Å²) in [5.74, 6) is 0.686. The van der Waals surface area contributed by atoms with Gasteiger partial charge < -0.3 is 16.2 Å². The Morgan fingerprint density at radius 1 is 1.16 bits per heavy atom. The fourth-order valence-corrected chi connectivity index (χ4v) is 0.803. The molecule has 3 nitrogen and oxygen atoms in total. The topological polar surface area (TPSA) is 61.3 Å². The predicted molar refractivity (Wildman–Crippen MR) is 85.1 cm³/mol. The van der Waals surface area contributed by atoms with E-state index >= 15 is 0 Å². The molecule has 0 aromatic carbocycles. The van der Waals surface area contributed by atoms with Crippen LogP contribution >= 0.6 is 0 Å². The second kappa shape index (κ2) is 12.3. The molecule has 0 aromatic rings. The largest absolute Gasteiger partial charge is 0.495 e. The molecule has 106 valence electrons. The fraction of sp³-hybridized carbons (Fsp3) is 0.250. The van der Waals surface area contributed by atoms with Gasteiger partial charge in [0, 0.05) is 11.4 Å². The number of allylic oxidation sites excluding steroid dienone is 6. The van der Waals surface area contributed by atoms with Gasteiger partial charge in [-0.25, -0.2) is 0 Å². The lowest BCUT2D eigenvalue weighted by molar-refractivity contribution is 0.244. The number of nitrogens with two attached hydrogens (primary N) is 2. The summed E-state index contributed by atoms with van der Waals surface area (Å²) in [5, 5.41) is 0. The van der Waals surface area contributed by atoms with E-state index < -0.39 is 0 Å². The van der Waals surface area contributed by atoms with E-state index in [1.54, 1.807) is 18.2 Å². The van der Waals surface area contributed by atoms with Crippen LogP contribution in [0.1, 0.15) is 20.8 Å². The van der Waals surface area contributed by atoms with Gasteiger partial charge in [0.1, 0.15) is 5.76 Å². The lowest BCUT2D eigenvalue weighted by atomic mass is 10.3. The first-order chi connectivity index (χ1) is 8.87. The highest BCUT2D eigenvalue weighted by Crippen LogP contribution is 1.98. The van der Waals surface area contributed by atoms with Crippen molar-refractivity contribution in [2.24, 2.45) is 11.5 Å². The molecule has 0 aliphatic carbocycles. The van der Waals surface area contributed by atoms with Gasteiger partial charge in [0.25, 0.3) is 0 Å². The number of hydrogen-bond acceptors (Lipinski definition) is 3. The maximum atomic E-state index is 5.41. The third-order valence-electron chi connectivity index (χ3n) is 1.79. The van der Waals surface area contributed by atoms with Crippen LogP contribution < -0.4 is 11.5 Å². The van der Waals surface area contributed by atoms with E-state index in [0.717, 1.165) is 5.57 Å².